The normalized spacial score (nSPS) is 11.0. The lowest BCUT2D eigenvalue weighted by molar-refractivity contribution is 0.0950. The Morgan fingerprint density at radius 2 is 2.14 bits per heavy atom. The number of hydrogen-bond donors (Lipinski definition) is 1. The molecule has 0 fully saturated rings. The number of thiophene rings is 1. The molecule has 0 aliphatic carbocycles. The molecule has 1 N–H and O–H groups in total. The topological polar surface area (TPSA) is 46.9 Å². The maximum atomic E-state index is 12.1. The van der Waals surface area contributed by atoms with E-state index in [1.165, 1.54) is 11.3 Å². The van der Waals surface area contributed by atoms with Gasteiger partial charge < -0.3 is 9.88 Å². The molecule has 0 saturated heterocycles. The van der Waals surface area contributed by atoms with Crippen molar-refractivity contribution >= 4 is 51.5 Å². The number of nitrogens with zero attached hydrogens (tertiary/aromatic N) is 2. The van der Waals surface area contributed by atoms with Crippen LogP contribution in [0.1, 0.15) is 16.2 Å². The third-order valence-electron chi connectivity index (χ3n) is 3.19. The molecule has 4 nitrogen and oxygen atoms in total. The number of aryl methyl sites for hydroxylation is 1. The number of imidazole rings is 1. The van der Waals surface area contributed by atoms with Gasteiger partial charge in [0.15, 0.2) is 0 Å². The highest BCUT2D eigenvalue weighted by Gasteiger charge is 2.15. The maximum absolute atomic E-state index is 12.1. The van der Waals surface area contributed by atoms with Gasteiger partial charge >= 0.3 is 0 Å². The van der Waals surface area contributed by atoms with Crippen LogP contribution in [0, 0.1) is 0 Å². The summed E-state index contributed by atoms with van der Waals surface area (Å²) in [6, 6.07) is 9.39. The fourth-order valence-corrected chi connectivity index (χ4v) is 3.56. The van der Waals surface area contributed by atoms with Crippen molar-refractivity contribution in [3.8, 4) is 0 Å². The average molecular weight is 340 g/mol. The third kappa shape index (κ3) is 2.77. The summed E-state index contributed by atoms with van der Waals surface area (Å²) in [7, 11) is 1.92. The van der Waals surface area contributed by atoms with Gasteiger partial charge in [-0.2, -0.15) is 0 Å². The van der Waals surface area contributed by atoms with E-state index in [-0.39, 0.29) is 5.91 Å². The van der Waals surface area contributed by atoms with Crippen molar-refractivity contribution in [1.82, 2.24) is 14.9 Å². The van der Waals surface area contributed by atoms with Gasteiger partial charge in [0.25, 0.3) is 5.91 Å². The fraction of sp³-hybridized carbons (Fsp3) is 0.143. The van der Waals surface area contributed by atoms with E-state index >= 15 is 0 Å². The van der Waals surface area contributed by atoms with Crippen LogP contribution >= 0.6 is 34.5 Å². The molecule has 1 aromatic carbocycles. The highest BCUT2D eigenvalue weighted by molar-refractivity contribution is 7.20. The molecule has 3 rings (SSSR count). The van der Waals surface area contributed by atoms with Crippen molar-refractivity contribution in [3.63, 3.8) is 0 Å². The van der Waals surface area contributed by atoms with E-state index in [9.17, 15) is 4.79 Å². The second kappa shape index (κ2) is 5.67. The van der Waals surface area contributed by atoms with Crippen LogP contribution in [0.2, 0.25) is 8.67 Å². The molecule has 0 aliphatic heterocycles. The molecule has 1 amide bonds. The summed E-state index contributed by atoms with van der Waals surface area (Å²) in [5.41, 5.74) is 2.32. The first-order valence-electron chi connectivity index (χ1n) is 6.19. The fourth-order valence-electron chi connectivity index (χ4n) is 2.10. The number of halogens is 2. The maximum Gasteiger partial charge on any atom is 0.254 e. The summed E-state index contributed by atoms with van der Waals surface area (Å²) in [4.78, 5) is 16.6. The van der Waals surface area contributed by atoms with E-state index in [2.05, 4.69) is 10.3 Å². The summed E-state index contributed by atoms with van der Waals surface area (Å²) in [6.07, 6.45) is 0. The van der Waals surface area contributed by atoms with E-state index in [0.29, 0.717) is 20.8 Å². The lowest BCUT2D eigenvalue weighted by atomic mass is 10.3. The van der Waals surface area contributed by atoms with Crippen LogP contribution in [-0.4, -0.2) is 15.5 Å². The minimum absolute atomic E-state index is 0.254. The first-order chi connectivity index (χ1) is 10.1. The minimum atomic E-state index is -0.254. The smallest absolute Gasteiger partial charge is 0.254 e. The van der Waals surface area contributed by atoms with E-state index in [1.807, 2.05) is 35.9 Å². The Morgan fingerprint density at radius 1 is 1.38 bits per heavy atom. The van der Waals surface area contributed by atoms with Gasteiger partial charge in [-0.25, -0.2) is 4.98 Å². The quantitative estimate of drug-likeness (QED) is 0.787. The highest BCUT2D eigenvalue weighted by atomic mass is 35.5. The van der Waals surface area contributed by atoms with Crippen molar-refractivity contribution in [2.75, 3.05) is 0 Å². The number of rotatable bonds is 3. The van der Waals surface area contributed by atoms with Crippen molar-refractivity contribution in [2.24, 2.45) is 7.05 Å². The van der Waals surface area contributed by atoms with Gasteiger partial charge in [-0.05, 0) is 18.2 Å². The van der Waals surface area contributed by atoms with Crippen molar-refractivity contribution in [2.45, 2.75) is 6.54 Å². The molecule has 3 aromatic rings. The Kier molecular flexibility index (Phi) is 3.89. The second-order valence-corrected chi connectivity index (χ2v) is 6.78. The van der Waals surface area contributed by atoms with E-state index in [1.54, 1.807) is 6.07 Å². The molecule has 0 aliphatic rings. The predicted octanol–water partition coefficient (Wildman–Crippen LogP) is 3.87. The SMILES string of the molecule is Cn1c(CNC(=O)c2cc(Cl)sc2Cl)nc2ccccc21. The van der Waals surface area contributed by atoms with Gasteiger partial charge in [0.05, 0.1) is 27.5 Å². The number of nitrogens with one attached hydrogen (secondary N) is 1. The van der Waals surface area contributed by atoms with Crippen molar-refractivity contribution in [1.29, 1.82) is 0 Å². The number of benzene rings is 1. The molecule has 0 spiro atoms. The zero-order valence-corrected chi connectivity index (χ0v) is 13.4. The van der Waals surface area contributed by atoms with Gasteiger partial charge in [-0.1, -0.05) is 35.3 Å². The van der Waals surface area contributed by atoms with E-state index in [4.69, 9.17) is 23.2 Å². The molecule has 21 heavy (non-hydrogen) atoms. The minimum Gasteiger partial charge on any atom is -0.345 e. The van der Waals surface area contributed by atoms with E-state index in [0.717, 1.165) is 16.9 Å². The number of fused-ring (bicyclic) bond motifs is 1. The largest absolute Gasteiger partial charge is 0.345 e. The number of amides is 1. The van der Waals surface area contributed by atoms with Crippen LogP contribution in [0.4, 0.5) is 0 Å². The standard InChI is InChI=1S/C14H11Cl2N3OS/c1-19-10-5-3-2-4-9(10)18-12(19)7-17-14(20)8-6-11(15)21-13(8)16/h2-6H,7H2,1H3,(H,17,20). The van der Waals surface area contributed by atoms with Crippen LogP contribution in [0.3, 0.4) is 0 Å². The molecular weight excluding hydrogens is 329 g/mol. The van der Waals surface area contributed by atoms with Crippen molar-refractivity contribution in [3.05, 3.63) is 50.4 Å². The summed E-state index contributed by atoms with van der Waals surface area (Å²) < 4.78 is 2.84. The summed E-state index contributed by atoms with van der Waals surface area (Å²) in [5.74, 6) is 0.525. The molecular formula is C14H11Cl2N3OS. The number of aromatic nitrogens is 2. The van der Waals surface area contributed by atoms with Crippen LogP contribution in [-0.2, 0) is 13.6 Å². The summed E-state index contributed by atoms with van der Waals surface area (Å²) in [5, 5.41) is 2.81. The van der Waals surface area contributed by atoms with Crippen LogP contribution in [0.15, 0.2) is 30.3 Å². The monoisotopic (exact) mass is 339 g/mol. The number of para-hydroxylation sites is 2. The van der Waals surface area contributed by atoms with Gasteiger partial charge in [0.2, 0.25) is 0 Å². The molecule has 2 heterocycles. The zero-order chi connectivity index (χ0) is 15.0. The third-order valence-corrected chi connectivity index (χ3v) is 4.68. The number of carbonyl (C=O) groups excluding carboxylic acids is 1. The molecule has 108 valence electrons. The average Bonchev–Trinajstić information content (AvgIpc) is 2.97. The second-order valence-electron chi connectivity index (χ2n) is 4.50. The van der Waals surface area contributed by atoms with Crippen LogP contribution in [0.25, 0.3) is 11.0 Å². The van der Waals surface area contributed by atoms with Crippen molar-refractivity contribution < 1.29 is 4.79 Å². The molecule has 0 atom stereocenters. The lowest BCUT2D eigenvalue weighted by Gasteiger charge is -2.04. The summed E-state index contributed by atoms with van der Waals surface area (Å²) in [6.45, 7) is 0.327. The van der Waals surface area contributed by atoms with Crippen LogP contribution < -0.4 is 5.32 Å². The Labute approximate surface area is 135 Å². The van der Waals surface area contributed by atoms with Gasteiger partial charge in [0, 0.05) is 7.05 Å². The Bertz CT molecular complexity index is 825. The number of hydrogen-bond acceptors (Lipinski definition) is 3. The first-order valence-corrected chi connectivity index (χ1v) is 7.77. The lowest BCUT2D eigenvalue weighted by Crippen LogP contribution is -2.24. The molecule has 0 unspecified atom stereocenters. The Morgan fingerprint density at radius 3 is 2.81 bits per heavy atom. The van der Waals surface area contributed by atoms with Crippen LogP contribution in [0.5, 0.6) is 0 Å². The molecule has 0 bridgehead atoms. The highest BCUT2D eigenvalue weighted by Crippen LogP contribution is 2.31. The molecule has 0 radical (unpaired) electrons. The zero-order valence-electron chi connectivity index (χ0n) is 11.1. The number of carbonyl (C=O) groups is 1. The predicted molar refractivity (Wildman–Crippen MR) is 86.2 cm³/mol. The molecule has 7 heteroatoms. The molecule has 0 saturated carbocycles. The summed E-state index contributed by atoms with van der Waals surface area (Å²) >= 11 is 13.0. The van der Waals surface area contributed by atoms with Gasteiger partial charge in [-0.15, -0.1) is 11.3 Å². The first kappa shape index (κ1) is 14.4. The van der Waals surface area contributed by atoms with E-state index < -0.39 is 0 Å². The van der Waals surface area contributed by atoms with Gasteiger partial charge in [0.1, 0.15) is 10.2 Å². The Hall–Kier alpha value is -1.56. The Balaban J connectivity index is 1.79. The molecule has 2 aromatic heterocycles. The van der Waals surface area contributed by atoms with Gasteiger partial charge in [-0.3, -0.25) is 4.79 Å².